The van der Waals surface area contributed by atoms with Crippen LogP contribution in [0.25, 0.3) is 0 Å². The average Bonchev–Trinajstić information content (AvgIpc) is 3.62. The second-order valence-corrected chi connectivity index (χ2v) is 7.20. The number of benzene rings is 2. The maximum Gasteiger partial charge on any atom is 0.309 e. The quantitative estimate of drug-likeness (QED) is 0.535. The first-order valence-electron chi connectivity index (χ1n) is 9.32. The number of anilines is 2. The summed E-state index contributed by atoms with van der Waals surface area (Å²) in [6, 6.07) is 15.4. The van der Waals surface area contributed by atoms with Gasteiger partial charge in [0.1, 0.15) is 0 Å². The topological polar surface area (TPSA) is 105 Å². The normalized spacial score (nSPS) is 22.7. The monoisotopic (exact) mass is 454 g/mol. The van der Waals surface area contributed by atoms with Crippen molar-refractivity contribution in [2.75, 3.05) is 25.7 Å². The Morgan fingerprint density at radius 2 is 1.07 bits per heavy atom. The van der Waals surface area contributed by atoms with Gasteiger partial charge in [0.15, 0.2) is 0 Å². The minimum Gasteiger partial charge on any atom is -0.469 e. The molecule has 2 aliphatic rings. The minimum absolute atomic E-state index is 0. The molecule has 164 valence electrons. The Morgan fingerprint density at radius 1 is 0.733 bits per heavy atom. The van der Waals surface area contributed by atoms with E-state index in [1.165, 1.54) is 14.2 Å². The molecule has 0 saturated heterocycles. The molecule has 30 heavy (non-hydrogen) atoms. The first-order chi connectivity index (χ1) is 13.5. The Labute approximate surface area is 189 Å². The maximum atomic E-state index is 11.2. The van der Waals surface area contributed by atoms with Crippen molar-refractivity contribution < 1.29 is 19.1 Å². The first-order valence-corrected chi connectivity index (χ1v) is 9.32. The molecule has 0 aliphatic heterocycles. The van der Waals surface area contributed by atoms with Crippen molar-refractivity contribution in [1.82, 2.24) is 0 Å². The number of para-hydroxylation sites is 2. The van der Waals surface area contributed by atoms with Crippen molar-refractivity contribution in [2.24, 2.45) is 11.8 Å². The van der Waals surface area contributed by atoms with Gasteiger partial charge in [-0.1, -0.05) is 36.4 Å². The summed E-state index contributed by atoms with van der Waals surface area (Å²) in [4.78, 5) is 22.4. The van der Waals surface area contributed by atoms with Gasteiger partial charge in [-0.25, -0.2) is 0 Å². The molecule has 0 bridgehead atoms. The van der Waals surface area contributed by atoms with Gasteiger partial charge < -0.3 is 20.9 Å². The van der Waals surface area contributed by atoms with Gasteiger partial charge in [0.2, 0.25) is 0 Å². The standard InChI is InChI=1S/2C11H13NO2.2ClH/c2*1-14-11(13)9-6-8(9)7-4-2-3-5-10(7)12;;/h2*2-5,8-9H,6,12H2,1H3;2*1H/t2*8-,9+;;/m10../s1. The molecule has 2 aliphatic carbocycles. The maximum absolute atomic E-state index is 11.2. The van der Waals surface area contributed by atoms with Gasteiger partial charge in [-0.2, -0.15) is 0 Å². The summed E-state index contributed by atoms with van der Waals surface area (Å²) >= 11 is 0. The van der Waals surface area contributed by atoms with Crippen LogP contribution in [0, 0.1) is 11.8 Å². The number of esters is 2. The molecule has 0 heterocycles. The number of hydrogen-bond donors (Lipinski definition) is 2. The van der Waals surface area contributed by atoms with E-state index in [0.29, 0.717) is 0 Å². The predicted octanol–water partition coefficient (Wildman–Crippen LogP) is 3.93. The molecule has 2 aromatic rings. The third kappa shape index (κ3) is 5.80. The van der Waals surface area contributed by atoms with Crippen LogP contribution >= 0.6 is 24.8 Å². The summed E-state index contributed by atoms with van der Waals surface area (Å²) < 4.78 is 9.37. The van der Waals surface area contributed by atoms with Crippen LogP contribution in [0.5, 0.6) is 0 Å². The van der Waals surface area contributed by atoms with E-state index in [0.717, 1.165) is 35.3 Å². The van der Waals surface area contributed by atoms with Gasteiger partial charge in [0.05, 0.1) is 26.1 Å². The highest BCUT2D eigenvalue weighted by molar-refractivity contribution is 5.85. The molecule has 0 unspecified atom stereocenters. The number of methoxy groups -OCH3 is 2. The van der Waals surface area contributed by atoms with Gasteiger partial charge in [-0.15, -0.1) is 24.8 Å². The van der Waals surface area contributed by atoms with E-state index in [9.17, 15) is 9.59 Å². The van der Waals surface area contributed by atoms with E-state index in [1.54, 1.807) is 0 Å². The van der Waals surface area contributed by atoms with Crippen molar-refractivity contribution in [3.05, 3.63) is 59.7 Å². The Kier molecular flexibility index (Phi) is 9.46. The van der Waals surface area contributed by atoms with Gasteiger partial charge in [0.25, 0.3) is 0 Å². The number of halogens is 2. The lowest BCUT2D eigenvalue weighted by atomic mass is 10.1. The fourth-order valence-electron chi connectivity index (χ4n) is 3.60. The van der Waals surface area contributed by atoms with E-state index >= 15 is 0 Å². The van der Waals surface area contributed by atoms with Crippen LogP contribution in [0.15, 0.2) is 48.5 Å². The third-order valence-electron chi connectivity index (χ3n) is 5.38. The minimum atomic E-state index is -0.127. The largest absolute Gasteiger partial charge is 0.469 e. The molecule has 2 saturated carbocycles. The van der Waals surface area contributed by atoms with E-state index < -0.39 is 0 Å². The summed E-state index contributed by atoms with van der Waals surface area (Å²) in [5.74, 6) is 0.318. The summed E-state index contributed by atoms with van der Waals surface area (Å²) in [5, 5.41) is 0. The van der Waals surface area contributed by atoms with E-state index in [-0.39, 0.29) is 60.4 Å². The molecular weight excluding hydrogens is 427 g/mol. The smallest absolute Gasteiger partial charge is 0.309 e. The lowest BCUT2D eigenvalue weighted by molar-refractivity contribution is -0.143. The highest BCUT2D eigenvalue weighted by atomic mass is 35.5. The second kappa shape index (κ2) is 11.1. The number of nitrogens with two attached hydrogens (primary N) is 2. The van der Waals surface area contributed by atoms with E-state index in [4.69, 9.17) is 11.5 Å². The summed E-state index contributed by atoms with van der Waals surface area (Å²) in [6.45, 7) is 0. The molecule has 0 spiro atoms. The Morgan fingerprint density at radius 3 is 1.37 bits per heavy atom. The highest BCUT2D eigenvalue weighted by Gasteiger charge is 2.46. The highest BCUT2D eigenvalue weighted by Crippen LogP contribution is 2.50. The van der Waals surface area contributed by atoms with Gasteiger partial charge in [-0.3, -0.25) is 9.59 Å². The fraction of sp³-hybridized carbons (Fsp3) is 0.364. The predicted molar refractivity (Wildman–Crippen MR) is 122 cm³/mol. The van der Waals surface area contributed by atoms with Crippen LogP contribution in [-0.4, -0.2) is 26.2 Å². The van der Waals surface area contributed by atoms with Crippen molar-refractivity contribution >= 4 is 48.1 Å². The van der Waals surface area contributed by atoms with Crippen molar-refractivity contribution in [3.63, 3.8) is 0 Å². The molecule has 4 atom stereocenters. The SMILES string of the molecule is COC(=O)[C@@H]1C[C@H]1c1ccccc1N.COC(=O)[C@H]1C[C@@H]1c1ccccc1N.Cl.Cl. The van der Waals surface area contributed by atoms with Crippen LogP contribution in [0.3, 0.4) is 0 Å². The molecule has 8 heteroatoms. The number of hydrogen-bond acceptors (Lipinski definition) is 6. The van der Waals surface area contributed by atoms with Gasteiger partial charge in [-0.05, 0) is 36.1 Å². The Bertz CT molecular complexity index is 806. The van der Waals surface area contributed by atoms with E-state index in [2.05, 4.69) is 9.47 Å². The molecular formula is C22H28Cl2N2O4. The number of ether oxygens (including phenoxy) is 2. The number of carbonyl (C=O) groups excluding carboxylic acids is 2. The lowest BCUT2D eigenvalue weighted by Gasteiger charge is -2.03. The summed E-state index contributed by atoms with van der Waals surface area (Å²) in [7, 11) is 2.85. The Balaban J connectivity index is 0.000000281. The molecule has 6 nitrogen and oxygen atoms in total. The van der Waals surface area contributed by atoms with Crippen LogP contribution in [-0.2, 0) is 19.1 Å². The number of carbonyl (C=O) groups is 2. The molecule has 2 aromatic carbocycles. The molecule has 0 aromatic heterocycles. The van der Waals surface area contributed by atoms with Crippen LogP contribution in [0.1, 0.15) is 35.8 Å². The zero-order valence-electron chi connectivity index (χ0n) is 16.9. The molecule has 0 radical (unpaired) electrons. The average molecular weight is 455 g/mol. The summed E-state index contributed by atoms with van der Waals surface area (Å²) in [6.07, 6.45) is 1.72. The fourth-order valence-corrected chi connectivity index (χ4v) is 3.60. The van der Waals surface area contributed by atoms with Crippen LogP contribution in [0.4, 0.5) is 11.4 Å². The van der Waals surface area contributed by atoms with Crippen molar-refractivity contribution in [3.8, 4) is 0 Å². The van der Waals surface area contributed by atoms with Gasteiger partial charge >= 0.3 is 11.9 Å². The third-order valence-corrected chi connectivity index (χ3v) is 5.38. The number of rotatable bonds is 4. The molecule has 0 amide bonds. The molecule has 2 fully saturated rings. The van der Waals surface area contributed by atoms with Crippen molar-refractivity contribution in [1.29, 1.82) is 0 Å². The lowest BCUT2D eigenvalue weighted by Crippen LogP contribution is -2.04. The zero-order chi connectivity index (χ0) is 20.3. The van der Waals surface area contributed by atoms with Crippen molar-refractivity contribution in [2.45, 2.75) is 24.7 Å². The molecule has 4 N–H and O–H groups in total. The first kappa shape index (κ1) is 25.6. The second-order valence-electron chi connectivity index (χ2n) is 7.20. The summed E-state index contributed by atoms with van der Waals surface area (Å²) in [5.41, 5.74) is 15.3. The molecule has 4 rings (SSSR count). The number of nitrogen functional groups attached to an aromatic ring is 2. The van der Waals surface area contributed by atoms with Gasteiger partial charge in [0, 0.05) is 23.2 Å². The van der Waals surface area contributed by atoms with E-state index in [1.807, 2.05) is 48.5 Å². The Hall–Kier alpha value is -2.44. The zero-order valence-corrected chi connectivity index (χ0v) is 18.6. The van der Waals surface area contributed by atoms with Crippen LogP contribution < -0.4 is 11.5 Å². The van der Waals surface area contributed by atoms with Crippen LogP contribution in [0.2, 0.25) is 0 Å².